The van der Waals surface area contributed by atoms with Gasteiger partial charge in [-0.2, -0.15) is 0 Å². The van der Waals surface area contributed by atoms with Gasteiger partial charge in [0, 0.05) is 12.0 Å². The van der Waals surface area contributed by atoms with Gasteiger partial charge in [-0.05, 0) is 24.1 Å². The van der Waals surface area contributed by atoms with Crippen molar-refractivity contribution in [1.29, 1.82) is 0 Å². The van der Waals surface area contributed by atoms with Gasteiger partial charge >= 0.3 is 0 Å². The third-order valence-electron chi connectivity index (χ3n) is 2.63. The van der Waals surface area contributed by atoms with Gasteiger partial charge in [0.1, 0.15) is 0 Å². The van der Waals surface area contributed by atoms with Crippen molar-refractivity contribution < 1.29 is 14.3 Å². The van der Waals surface area contributed by atoms with E-state index in [2.05, 4.69) is 0 Å². The molecule has 0 saturated carbocycles. The zero-order chi connectivity index (χ0) is 10.6. The average Bonchev–Trinajstić information content (AvgIpc) is 2.62. The second-order valence-electron chi connectivity index (χ2n) is 3.80. The van der Waals surface area contributed by atoms with Gasteiger partial charge in [-0.15, -0.1) is 0 Å². The lowest BCUT2D eigenvalue weighted by Gasteiger charge is -2.18. The Morgan fingerprint density at radius 2 is 1.80 bits per heavy atom. The van der Waals surface area contributed by atoms with Crippen molar-refractivity contribution in [3.05, 3.63) is 23.3 Å². The van der Waals surface area contributed by atoms with E-state index < -0.39 is 5.59 Å². The van der Waals surface area contributed by atoms with E-state index in [4.69, 9.17) is 25.2 Å². The van der Waals surface area contributed by atoms with Crippen molar-refractivity contribution in [2.45, 2.75) is 18.4 Å². The van der Waals surface area contributed by atoms with E-state index in [0.717, 1.165) is 12.0 Å². The van der Waals surface area contributed by atoms with Crippen LogP contribution >= 0.6 is 0 Å². The van der Waals surface area contributed by atoms with E-state index in [0.29, 0.717) is 23.5 Å². The molecule has 1 heterocycles. The molecule has 0 spiro atoms. The monoisotopic (exact) mass is 196 g/mol. The molecular weight excluding hydrogens is 190 g/mol. The Bertz CT molecular complexity index is 468. The number of fused-ring (bicyclic) bond motifs is 2. The number of rotatable bonds is 0. The quantitative estimate of drug-likeness (QED) is 0.567. The van der Waals surface area contributed by atoms with Crippen LogP contribution in [0.4, 0.5) is 0 Å². The topological polar surface area (TPSA) is 35.5 Å². The number of aryl methyl sites for hydroxylation is 1. The molecule has 1 aromatic carbocycles. The van der Waals surface area contributed by atoms with Crippen LogP contribution in [0.1, 0.15) is 22.3 Å². The zero-order valence-corrected chi connectivity index (χ0v) is 7.95. The second-order valence-corrected chi connectivity index (χ2v) is 3.80. The molecule has 0 saturated heterocycles. The summed E-state index contributed by atoms with van der Waals surface area (Å²) in [6, 6.07) is 3.43. The largest absolute Gasteiger partial charge is 0.468 e. The van der Waals surface area contributed by atoms with Gasteiger partial charge in [0.25, 0.3) is 0 Å². The minimum Gasteiger partial charge on any atom is -0.468 e. The van der Waals surface area contributed by atoms with Crippen LogP contribution in [0.15, 0.2) is 12.1 Å². The smallest absolute Gasteiger partial charge is 0.175 e. The molecule has 1 aromatic rings. The van der Waals surface area contributed by atoms with Crippen molar-refractivity contribution in [2.24, 2.45) is 0 Å². The minimum absolute atomic E-state index is 0.128. The summed E-state index contributed by atoms with van der Waals surface area (Å²) in [5.41, 5.74) is 0.0515. The fourth-order valence-corrected chi connectivity index (χ4v) is 1.98. The molecule has 1 aliphatic carbocycles. The second kappa shape index (κ2) is 2.60. The lowest BCUT2D eigenvalue weighted by Crippen LogP contribution is -2.39. The summed E-state index contributed by atoms with van der Waals surface area (Å²) in [6.45, 7) is 0. The zero-order valence-electron chi connectivity index (χ0n) is 7.95. The molecule has 0 unspecified atom stereocenters. The van der Waals surface area contributed by atoms with E-state index in [9.17, 15) is 4.79 Å². The first-order valence-corrected chi connectivity index (χ1v) is 4.71. The van der Waals surface area contributed by atoms with E-state index in [1.54, 1.807) is 12.1 Å². The molecule has 2 aliphatic rings. The molecule has 0 amide bonds. The predicted octanol–water partition coefficient (Wildman–Crippen LogP) is 0.535. The van der Waals surface area contributed by atoms with Crippen LogP contribution in [0.25, 0.3) is 0 Å². The van der Waals surface area contributed by atoms with Crippen LogP contribution in [0.3, 0.4) is 0 Å². The molecular formula is C10H6B2O3. The van der Waals surface area contributed by atoms with Crippen molar-refractivity contribution in [1.82, 2.24) is 0 Å². The summed E-state index contributed by atoms with van der Waals surface area (Å²) in [5.74, 6) is 1.07. The number of hydrogen-bond donors (Lipinski definition) is 0. The highest BCUT2D eigenvalue weighted by Gasteiger charge is 2.33. The van der Waals surface area contributed by atoms with Crippen LogP contribution in [0.5, 0.6) is 11.5 Å². The van der Waals surface area contributed by atoms with E-state index >= 15 is 0 Å². The number of ketones is 1. The van der Waals surface area contributed by atoms with Crippen LogP contribution in [-0.2, 0) is 6.42 Å². The van der Waals surface area contributed by atoms with Gasteiger partial charge in [-0.1, -0.05) is 0 Å². The highest BCUT2D eigenvalue weighted by atomic mass is 16.7. The summed E-state index contributed by atoms with van der Waals surface area (Å²) in [4.78, 5) is 11.5. The van der Waals surface area contributed by atoms with E-state index in [-0.39, 0.29) is 5.78 Å². The third-order valence-corrected chi connectivity index (χ3v) is 2.63. The first kappa shape index (κ1) is 8.89. The Morgan fingerprint density at radius 3 is 2.53 bits per heavy atom. The molecule has 0 N–H and O–H groups in total. The summed E-state index contributed by atoms with van der Waals surface area (Å²) in [6.07, 6.45) is 1.29. The molecule has 0 atom stereocenters. The maximum absolute atomic E-state index is 11.5. The molecule has 0 fully saturated rings. The van der Waals surface area contributed by atoms with Crippen LogP contribution < -0.4 is 9.47 Å². The average molecular weight is 196 g/mol. The first-order valence-electron chi connectivity index (χ1n) is 4.71. The normalized spacial score (nSPS) is 20.4. The SMILES string of the molecule is [B]C1([B])Oc2cc3c(cc2O1)C(=O)CC3. The van der Waals surface area contributed by atoms with Crippen molar-refractivity contribution in [3.8, 4) is 11.5 Å². The third kappa shape index (κ3) is 1.26. The van der Waals surface area contributed by atoms with Crippen LogP contribution in [0.2, 0.25) is 0 Å². The standard InChI is InChI=1S/C10H6B2O3/c11-10(12)14-8-3-5-1-2-7(13)6(5)4-9(8)15-10/h3-4H,1-2H2. The van der Waals surface area contributed by atoms with Gasteiger partial charge in [0.05, 0.1) is 0 Å². The van der Waals surface area contributed by atoms with Gasteiger partial charge < -0.3 is 9.47 Å². The molecule has 15 heavy (non-hydrogen) atoms. The number of carbonyl (C=O) groups is 1. The van der Waals surface area contributed by atoms with E-state index in [1.807, 2.05) is 0 Å². The number of ether oxygens (including phenoxy) is 2. The minimum atomic E-state index is -1.61. The fourth-order valence-electron chi connectivity index (χ4n) is 1.98. The summed E-state index contributed by atoms with van der Waals surface area (Å²) in [7, 11) is 10.9. The Hall–Kier alpha value is -1.38. The maximum atomic E-state index is 11.5. The molecule has 0 bridgehead atoms. The number of carbonyl (C=O) groups excluding carboxylic acids is 1. The Balaban J connectivity index is 2.12. The molecule has 1 aliphatic heterocycles. The van der Waals surface area contributed by atoms with Crippen LogP contribution in [0, 0.1) is 0 Å². The molecule has 4 radical (unpaired) electrons. The Labute approximate surface area is 89.6 Å². The molecule has 0 aromatic heterocycles. The van der Waals surface area contributed by atoms with Crippen molar-refractivity contribution in [3.63, 3.8) is 0 Å². The summed E-state index contributed by atoms with van der Waals surface area (Å²) in [5, 5.41) is 0. The highest BCUT2D eigenvalue weighted by Crippen LogP contribution is 2.41. The maximum Gasteiger partial charge on any atom is 0.175 e. The van der Waals surface area contributed by atoms with Gasteiger partial charge in [-0.25, -0.2) is 0 Å². The molecule has 3 nitrogen and oxygen atoms in total. The molecule has 3 rings (SSSR count). The lowest BCUT2D eigenvalue weighted by molar-refractivity contribution is 0.0831. The van der Waals surface area contributed by atoms with Gasteiger partial charge in [0.2, 0.25) is 0 Å². The van der Waals surface area contributed by atoms with E-state index in [1.165, 1.54) is 0 Å². The van der Waals surface area contributed by atoms with Crippen LogP contribution in [-0.4, -0.2) is 27.1 Å². The molecule has 70 valence electrons. The van der Waals surface area contributed by atoms with Gasteiger partial charge in [-0.3, -0.25) is 4.79 Å². The van der Waals surface area contributed by atoms with Gasteiger partial charge in [0.15, 0.2) is 38.6 Å². The fraction of sp³-hybridized carbons (Fsp3) is 0.300. The summed E-state index contributed by atoms with van der Waals surface area (Å²) >= 11 is 0. The molecule has 5 heteroatoms. The Morgan fingerprint density at radius 1 is 1.13 bits per heavy atom. The predicted molar refractivity (Wildman–Crippen MR) is 54.6 cm³/mol. The highest BCUT2D eigenvalue weighted by molar-refractivity contribution is 6.38. The van der Waals surface area contributed by atoms with Crippen molar-refractivity contribution in [2.75, 3.05) is 0 Å². The van der Waals surface area contributed by atoms with Crippen molar-refractivity contribution >= 4 is 21.5 Å². The Kier molecular flexibility index (Phi) is 1.54. The first-order chi connectivity index (χ1) is 7.05. The number of hydrogen-bond acceptors (Lipinski definition) is 3. The number of Topliss-reactive ketones (excluding diaryl/α,β-unsaturated/α-hetero) is 1. The summed E-state index contributed by atoms with van der Waals surface area (Å²) < 4.78 is 10.3. The lowest BCUT2D eigenvalue weighted by atomic mass is 9.76. The number of benzene rings is 1.